The van der Waals surface area contributed by atoms with Crippen molar-refractivity contribution in [1.82, 2.24) is 9.97 Å². The molecule has 4 heteroatoms. The maximum atomic E-state index is 5.62. The maximum absolute atomic E-state index is 5.62. The molecule has 0 unspecified atom stereocenters. The Hall–Kier alpha value is -1.71. The summed E-state index contributed by atoms with van der Waals surface area (Å²) in [4.78, 5) is 6.96. The summed E-state index contributed by atoms with van der Waals surface area (Å²) < 4.78 is 0. The first-order chi connectivity index (χ1) is 5.27. The van der Waals surface area contributed by atoms with Crippen LogP contribution in [-0.2, 0) is 0 Å². The van der Waals surface area contributed by atoms with Crippen LogP contribution in [0.15, 0.2) is 18.5 Å². The number of aromatic amines is 1. The van der Waals surface area contributed by atoms with Crippen molar-refractivity contribution in [2.24, 2.45) is 0 Å². The van der Waals surface area contributed by atoms with E-state index in [1.807, 2.05) is 0 Å². The zero-order chi connectivity index (χ0) is 7.84. The number of nitrogen functional groups attached to an aromatic ring is 2. The summed E-state index contributed by atoms with van der Waals surface area (Å²) in [6.07, 6.45) is 3.30. The van der Waals surface area contributed by atoms with E-state index < -0.39 is 0 Å². The minimum Gasteiger partial charge on any atom is -0.397 e. The second-order valence-corrected chi connectivity index (χ2v) is 2.41. The van der Waals surface area contributed by atoms with Gasteiger partial charge in [-0.15, -0.1) is 0 Å². The number of nitrogens with zero attached hydrogens (tertiary/aromatic N) is 1. The van der Waals surface area contributed by atoms with Gasteiger partial charge in [-0.25, -0.2) is 4.98 Å². The molecular weight excluding hydrogens is 140 g/mol. The Bertz CT molecular complexity index is 390. The molecule has 2 aromatic heterocycles. The summed E-state index contributed by atoms with van der Waals surface area (Å²) in [7, 11) is 0. The number of H-pyrrole nitrogens is 1. The first-order valence-corrected chi connectivity index (χ1v) is 3.25. The summed E-state index contributed by atoms with van der Waals surface area (Å²) in [5, 5.41) is 0.880. The summed E-state index contributed by atoms with van der Waals surface area (Å²) in [6.45, 7) is 0. The van der Waals surface area contributed by atoms with Crippen molar-refractivity contribution >= 4 is 22.4 Å². The average molecular weight is 148 g/mol. The van der Waals surface area contributed by atoms with Crippen LogP contribution in [0.1, 0.15) is 0 Å². The highest BCUT2D eigenvalue weighted by molar-refractivity contribution is 5.90. The van der Waals surface area contributed by atoms with Gasteiger partial charge in [-0.05, 0) is 6.07 Å². The second kappa shape index (κ2) is 1.88. The monoisotopic (exact) mass is 148 g/mol. The number of hydrogen-bond donors (Lipinski definition) is 3. The van der Waals surface area contributed by atoms with Gasteiger partial charge in [-0.2, -0.15) is 0 Å². The molecule has 2 aromatic rings. The molecule has 0 aliphatic rings. The second-order valence-electron chi connectivity index (χ2n) is 2.41. The van der Waals surface area contributed by atoms with Gasteiger partial charge in [0.1, 0.15) is 5.65 Å². The normalized spacial score (nSPS) is 10.5. The van der Waals surface area contributed by atoms with E-state index >= 15 is 0 Å². The Morgan fingerprint density at radius 3 is 3.00 bits per heavy atom. The molecule has 4 nitrogen and oxygen atoms in total. The Labute approximate surface area is 63.2 Å². The minimum atomic E-state index is 0.629. The molecule has 5 N–H and O–H groups in total. The maximum Gasteiger partial charge on any atom is 0.139 e. The number of pyridine rings is 1. The van der Waals surface area contributed by atoms with E-state index in [1.54, 1.807) is 18.5 Å². The molecule has 0 radical (unpaired) electrons. The number of anilines is 2. The van der Waals surface area contributed by atoms with Crippen molar-refractivity contribution in [2.75, 3.05) is 11.5 Å². The minimum absolute atomic E-state index is 0.629. The third-order valence-corrected chi connectivity index (χ3v) is 1.58. The molecule has 0 aliphatic carbocycles. The molecule has 11 heavy (non-hydrogen) atoms. The first kappa shape index (κ1) is 6.03. The summed E-state index contributed by atoms with van der Waals surface area (Å²) in [6, 6.07) is 1.80. The van der Waals surface area contributed by atoms with Gasteiger partial charge < -0.3 is 16.5 Å². The quantitative estimate of drug-likeness (QED) is 0.515. The fourth-order valence-electron chi connectivity index (χ4n) is 1.04. The van der Waals surface area contributed by atoms with Crippen LogP contribution in [-0.4, -0.2) is 9.97 Å². The molecule has 0 bridgehead atoms. The zero-order valence-corrected chi connectivity index (χ0v) is 5.83. The van der Waals surface area contributed by atoms with E-state index in [2.05, 4.69) is 9.97 Å². The van der Waals surface area contributed by atoms with Gasteiger partial charge in [0.25, 0.3) is 0 Å². The van der Waals surface area contributed by atoms with E-state index in [0.29, 0.717) is 11.4 Å². The van der Waals surface area contributed by atoms with Crippen LogP contribution >= 0.6 is 0 Å². The van der Waals surface area contributed by atoms with Crippen molar-refractivity contribution in [3.05, 3.63) is 18.5 Å². The fraction of sp³-hybridized carbons (Fsp3) is 0. The smallest absolute Gasteiger partial charge is 0.139 e. The Balaban J connectivity index is 2.87. The standard InChI is InChI=1S/C7H8N4/c8-4-1-5-6(9)3-11-7(5)10-2-4/h1-3H,8-9H2,(H,10,11). The highest BCUT2D eigenvalue weighted by Crippen LogP contribution is 2.19. The van der Waals surface area contributed by atoms with Gasteiger partial charge in [-0.1, -0.05) is 0 Å². The fourth-order valence-corrected chi connectivity index (χ4v) is 1.04. The first-order valence-electron chi connectivity index (χ1n) is 3.25. The molecule has 56 valence electrons. The van der Waals surface area contributed by atoms with Gasteiger partial charge in [-0.3, -0.25) is 0 Å². The van der Waals surface area contributed by atoms with Gasteiger partial charge in [0.15, 0.2) is 0 Å². The topological polar surface area (TPSA) is 80.7 Å². The lowest BCUT2D eigenvalue weighted by Crippen LogP contribution is -1.87. The molecule has 2 heterocycles. The van der Waals surface area contributed by atoms with E-state index in [1.165, 1.54) is 0 Å². The predicted molar refractivity (Wildman–Crippen MR) is 44.9 cm³/mol. The van der Waals surface area contributed by atoms with Gasteiger partial charge in [0.05, 0.1) is 17.6 Å². The van der Waals surface area contributed by atoms with Crippen molar-refractivity contribution in [3.63, 3.8) is 0 Å². The predicted octanol–water partition coefficient (Wildman–Crippen LogP) is 0.727. The van der Waals surface area contributed by atoms with Crippen LogP contribution in [0.2, 0.25) is 0 Å². The summed E-state index contributed by atoms with van der Waals surface area (Å²) >= 11 is 0. The van der Waals surface area contributed by atoms with Gasteiger partial charge >= 0.3 is 0 Å². The van der Waals surface area contributed by atoms with Crippen molar-refractivity contribution in [1.29, 1.82) is 0 Å². The Kier molecular flexibility index (Phi) is 1.03. The highest BCUT2D eigenvalue weighted by Gasteiger charge is 1.99. The van der Waals surface area contributed by atoms with Crippen LogP contribution in [0.5, 0.6) is 0 Å². The molecule has 0 spiro atoms. The number of nitrogens with two attached hydrogens (primary N) is 2. The number of aromatic nitrogens is 2. The molecule has 0 saturated carbocycles. The van der Waals surface area contributed by atoms with Crippen LogP contribution in [0.4, 0.5) is 11.4 Å². The highest BCUT2D eigenvalue weighted by atomic mass is 14.9. The van der Waals surface area contributed by atoms with Crippen LogP contribution in [0.25, 0.3) is 11.0 Å². The molecule has 0 saturated heterocycles. The van der Waals surface area contributed by atoms with E-state index in [0.717, 1.165) is 11.0 Å². The molecule has 0 amide bonds. The average Bonchev–Trinajstić information content (AvgIpc) is 2.33. The third kappa shape index (κ3) is 0.797. The number of hydrogen-bond acceptors (Lipinski definition) is 3. The number of nitrogens with one attached hydrogen (secondary N) is 1. The van der Waals surface area contributed by atoms with Crippen molar-refractivity contribution < 1.29 is 0 Å². The molecular formula is C7H8N4. The van der Waals surface area contributed by atoms with E-state index in [9.17, 15) is 0 Å². The van der Waals surface area contributed by atoms with Gasteiger partial charge in [0, 0.05) is 11.6 Å². The third-order valence-electron chi connectivity index (χ3n) is 1.58. The van der Waals surface area contributed by atoms with Crippen LogP contribution in [0.3, 0.4) is 0 Å². The summed E-state index contributed by atoms with van der Waals surface area (Å²) in [5.41, 5.74) is 13.2. The van der Waals surface area contributed by atoms with Crippen LogP contribution in [0, 0.1) is 0 Å². The molecule has 0 aliphatic heterocycles. The SMILES string of the molecule is Nc1cnc2[nH]cc(N)c2c1. The number of fused-ring (bicyclic) bond motifs is 1. The Morgan fingerprint density at radius 1 is 1.36 bits per heavy atom. The lowest BCUT2D eigenvalue weighted by Gasteiger charge is -1.92. The number of rotatable bonds is 0. The Morgan fingerprint density at radius 2 is 2.18 bits per heavy atom. The molecule has 0 aromatic carbocycles. The molecule has 0 fully saturated rings. The van der Waals surface area contributed by atoms with Crippen molar-refractivity contribution in [3.8, 4) is 0 Å². The van der Waals surface area contributed by atoms with Crippen molar-refractivity contribution in [2.45, 2.75) is 0 Å². The zero-order valence-electron chi connectivity index (χ0n) is 5.83. The van der Waals surface area contributed by atoms with E-state index in [4.69, 9.17) is 11.5 Å². The summed E-state index contributed by atoms with van der Waals surface area (Å²) in [5.74, 6) is 0. The molecule has 2 rings (SSSR count). The molecule has 0 atom stereocenters. The lowest BCUT2D eigenvalue weighted by molar-refractivity contribution is 1.33. The van der Waals surface area contributed by atoms with E-state index in [-0.39, 0.29) is 0 Å². The van der Waals surface area contributed by atoms with Gasteiger partial charge in [0.2, 0.25) is 0 Å². The van der Waals surface area contributed by atoms with Crippen LogP contribution < -0.4 is 11.5 Å². The lowest BCUT2D eigenvalue weighted by atomic mass is 10.3. The largest absolute Gasteiger partial charge is 0.397 e.